The van der Waals surface area contributed by atoms with E-state index in [4.69, 9.17) is 42.1 Å². The molecule has 0 aliphatic carbocycles. The van der Waals surface area contributed by atoms with E-state index in [1.165, 1.54) is 0 Å². The normalized spacial score (nSPS) is 20.0. The van der Waals surface area contributed by atoms with E-state index in [2.05, 4.69) is 4.98 Å². The van der Waals surface area contributed by atoms with E-state index in [1.54, 1.807) is 29.2 Å². The van der Waals surface area contributed by atoms with Crippen molar-refractivity contribution in [3.8, 4) is 11.5 Å². The number of hydrogen-bond acceptors (Lipinski definition) is 5. The maximum absolute atomic E-state index is 13.6. The predicted octanol–water partition coefficient (Wildman–Crippen LogP) is 8.11. The first-order valence-corrected chi connectivity index (χ1v) is 14.9. The average Bonchev–Trinajstić information content (AvgIpc) is 3.41. The van der Waals surface area contributed by atoms with Gasteiger partial charge in [0, 0.05) is 38.8 Å². The Morgan fingerprint density at radius 2 is 1.51 bits per heavy atom. The summed E-state index contributed by atoms with van der Waals surface area (Å²) in [5.74, 6) is 1.12. The Labute approximate surface area is 258 Å². The first kappa shape index (κ1) is 27.8. The third kappa shape index (κ3) is 5.82. The molecule has 0 radical (unpaired) electrons. The molecule has 5 aromatic rings. The van der Waals surface area contributed by atoms with E-state index in [1.807, 2.05) is 72.8 Å². The molecule has 3 heterocycles. The summed E-state index contributed by atoms with van der Waals surface area (Å²) in [4.78, 5) is 18.9. The Hall–Kier alpha value is -4.01. The van der Waals surface area contributed by atoms with Crippen molar-refractivity contribution in [1.82, 2.24) is 9.88 Å². The third-order valence-electron chi connectivity index (χ3n) is 7.78. The highest BCUT2D eigenvalue weighted by Gasteiger charge is 2.36. The molecule has 1 unspecified atom stereocenters. The van der Waals surface area contributed by atoms with Crippen LogP contribution in [0.3, 0.4) is 0 Å². The molecule has 1 N–H and O–H groups in total. The molecule has 2 aliphatic heterocycles. The summed E-state index contributed by atoms with van der Waals surface area (Å²) in [5.41, 5.74) is 4.95. The lowest BCUT2D eigenvalue weighted by atomic mass is 9.92. The molecule has 4 aromatic carbocycles. The zero-order chi connectivity index (χ0) is 29.3. The molecule has 1 fully saturated rings. The maximum Gasteiger partial charge on any atom is 0.416 e. The number of halogens is 2. The number of ether oxygens (including phenoxy) is 4. The van der Waals surface area contributed by atoms with Crippen LogP contribution in [0.1, 0.15) is 34.7 Å². The highest BCUT2D eigenvalue weighted by Crippen LogP contribution is 2.40. The van der Waals surface area contributed by atoms with Crippen LogP contribution in [-0.4, -0.2) is 41.8 Å². The van der Waals surface area contributed by atoms with Crippen LogP contribution >= 0.6 is 23.2 Å². The summed E-state index contributed by atoms with van der Waals surface area (Å²) in [6.07, 6.45) is -0.418. The number of nitrogens with zero attached hydrogens (tertiary/aromatic N) is 1. The minimum Gasteiger partial charge on any atom is -0.486 e. The van der Waals surface area contributed by atoms with E-state index in [0.717, 1.165) is 33.3 Å². The molecular weight excluding hydrogens is 587 g/mol. The van der Waals surface area contributed by atoms with Crippen LogP contribution in [-0.2, 0) is 15.9 Å². The van der Waals surface area contributed by atoms with Crippen molar-refractivity contribution in [2.24, 2.45) is 0 Å². The zero-order valence-corrected chi connectivity index (χ0v) is 24.6. The molecule has 7 rings (SSSR count). The number of benzene rings is 4. The number of rotatable bonds is 5. The van der Waals surface area contributed by atoms with Gasteiger partial charge in [-0.1, -0.05) is 65.7 Å². The van der Waals surface area contributed by atoms with Crippen LogP contribution in [0.25, 0.3) is 10.9 Å². The zero-order valence-electron chi connectivity index (χ0n) is 23.0. The summed E-state index contributed by atoms with van der Waals surface area (Å²) in [6.45, 7) is 1.30. The topological polar surface area (TPSA) is 73.0 Å². The van der Waals surface area contributed by atoms with Crippen molar-refractivity contribution in [3.63, 3.8) is 0 Å². The first-order valence-electron chi connectivity index (χ1n) is 14.1. The van der Waals surface area contributed by atoms with Crippen molar-refractivity contribution in [2.75, 3.05) is 19.8 Å². The van der Waals surface area contributed by atoms with Gasteiger partial charge in [-0.3, -0.25) is 4.90 Å². The van der Waals surface area contributed by atoms with Gasteiger partial charge in [0.15, 0.2) is 6.29 Å². The average molecular weight is 616 g/mol. The number of carbonyl (C=O) groups excluding carboxylic acids is 1. The summed E-state index contributed by atoms with van der Waals surface area (Å²) < 4.78 is 23.8. The Balaban J connectivity index is 1.13. The number of H-pyrrole nitrogens is 1. The SMILES string of the molecule is O=C(Oc1ccc(Cl)cc1)N1CCc2c([nH]c3ccc(Cl)cc23)C1c1ccc(OC2COC(c3ccccc3)OC2)cc1. The van der Waals surface area contributed by atoms with Gasteiger partial charge in [0.25, 0.3) is 0 Å². The van der Waals surface area contributed by atoms with Crippen LogP contribution in [0, 0.1) is 0 Å². The van der Waals surface area contributed by atoms with Crippen LogP contribution in [0.5, 0.6) is 11.5 Å². The molecule has 7 nitrogen and oxygen atoms in total. The first-order chi connectivity index (χ1) is 21.0. The third-order valence-corrected chi connectivity index (χ3v) is 8.27. The molecule has 1 atom stereocenters. The second kappa shape index (κ2) is 11.9. The van der Waals surface area contributed by atoms with E-state index in [9.17, 15) is 4.79 Å². The van der Waals surface area contributed by atoms with Crippen molar-refractivity contribution >= 4 is 40.2 Å². The number of hydrogen-bond donors (Lipinski definition) is 1. The number of aromatic nitrogens is 1. The second-order valence-corrected chi connectivity index (χ2v) is 11.5. The molecule has 0 saturated carbocycles. The molecule has 0 bridgehead atoms. The van der Waals surface area contributed by atoms with Crippen LogP contribution in [0.4, 0.5) is 4.79 Å². The Bertz CT molecular complexity index is 1730. The van der Waals surface area contributed by atoms with Crippen molar-refractivity contribution in [1.29, 1.82) is 0 Å². The molecule has 218 valence electrons. The fourth-order valence-corrected chi connectivity index (χ4v) is 6.04. The lowest BCUT2D eigenvalue weighted by molar-refractivity contribution is -0.215. The van der Waals surface area contributed by atoms with Gasteiger partial charge in [-0.25, -0.2) is 4.79 Å². The standard InChI is InChI=1S/C34H28Cl2N2O5/c35-23-8-13-26(14-9-23)43-34(39)38-17-16-28-29-18-24(36)10-15-30(29)37-31(28)32(38)21-6-11-25(12-7-21)42-27-19-40-33(41-20-27)22-4-2-1-3-5-22/h1-15,18,27,32-33,37H,16-17,19-20H2. The van der Waals surface area contributed by atoms with Crippen molar-refractivity contribution < 1.29 is 23.7 Å². The fraction of sp³-hybridized carbons (Fsp3) is 0.206. The second-order valence-electron chi connectivity index (χ2n) is 10.6. The highest BCUT2D eigenvalue weighted by molar-refractivity contribution is 6.31. The largest absolute Gasteiger partial charge is 0.486 e. The molecule has 9 heteroatoms. The van der Waals surface area contributed by atoms with Gasteiger partial charge in [0.2, 0.25) is 0 Å². The molecule has 2 aliphatic rings. The van der Waals surface area contributed by atoms with Gasteiger partial charge in [-0.2, -0.15) is 0 Å². The summed E-state index contributed by atoms with van der Waals surface area (Å²) in [7, 11) is 0. The number of carbonyl (C=O) groups is 1. The van der Waals surface area contributed by atoms with E-state index >= 15 is 0 Å². The minimum absolute atomic E-state index is 0.239. The van der Waals surface area contributed by atoms with Crippen LogP contribution in [0.2, 0.25) is 10.0 Å². The van der Waals surface area contributed by atoms with E-state index in [-0.39, 0.29) is 6.10 Å². The number of nitrogens with one attached hydrogen (secondary N) is 1. The Kier molecular flexibility index (Phi) is 7.72. The van der Waals surface area contributed by atoms with Gasteiger partial charge in [0.05, 0.1) is 13.2 Å². The van der Waals surface area contributed by atoms with Crippen molar-refractivity contribution in [2.45, 2.75) is 24.9 Å². The molecule has 1 saturated heterocycles. The quantitative estimate of drug-likeness (QED) is 0.216. The molecular formula is C34H28Cl2N2O5. The summed E-state index contributed by atoms with van der Waals surface area (Å²) in [6, 6.07) is 29.8. The van der Waals surface area contributed by atoms with Gasteiger partial charge in [0.1, 0.15) is 23.6 Å². The number of amides is 1. The highest BCUT2D eigenvalue weighted by atomic mass is 35.5. The van der Waals surface area contributed by atoms with Gasteiger partial charge >= 0.3 is 6.09 Å². The van der Waals surface area contributed by atoms with Gasteiger partial charge in [-0.05, 0) is 72.1 Å². The molecule has 0 spiro atoms. The van der Waals surface area contributed by atoms with Crippen LogP contribution in [0.15, 0.2) is 97.1 Å². The Morgan fingerprint density at radius 1 is 0.814 bits per heavy atom. The summed E-state index contributed by atoms with van der Waals surface area (Å²) >= 11 is 12.4. The number of fused-ring (bicyclic) bond motifs is 3. The van der Waals surface area contributed by atoms with E-state index < -0.39 is 18.4 Å². The fourth-order valence-electron chi connectivity index (χ4n) is 5.74. The Morgan fingerprint density at radius 3 is 2.26 bits per heavy atom. The lowest BCUT2D eigenvalue weighted by Gasteiger charge is -2.35. The monoisotopic (exact) mass is 614 g/mol. The van der Waals surface area contributed by atoms with Gasteiger partial charge < -0.3 is 23.9 Å². The maximum atomic E-state index is 13.6. The van der Waals surface area contributed by atoms with Gasteiger partial charge in [-0.15, -0.1) is 0 Å². The molecule has 1 aromatic heterocycles. The smallest absolute Gasteiger partial charge is 0.416 e. The molecule has 43 heavy (non-hydrogen) atoms. The minimum atomic E-state index is -0.445. The molecule has 1 amide bonds. The predicted molar refractivity (Wildman–Crippen MR) is 165 cm³/mol. The van der Waals surface area contributed by atoms with Crippen molar-refractivity contribution in [3.05, 3.63) is 129 Å². The van der Waals surface area contributed by atoms with E-state index in [0.29, 0.717) is 47.7 Å². The lowest BCUT2D eigenvalue weighted by Crippen LogP contribution is -2.42. The summed E-state index contributed by atoms with van der Waals surface area (Å²) in [5, 5.41) is 2.30. The number of aromatic amines is 1. The van der Waals surface area contributed by atoms with Crippen LogP contribution < -0.4 is 9.47 Å².